The van der Waals surface area contributed by atoms with Gasteiger partial charge in [0.1, 0.15) is 29.1 Å². The van der Waals surface area contributed by atoms with E-state index in [-0.39, 0.29) is 31.0 Å². The van der Waals surface area contributed by atoms with E-state index in [1.807, 2.05) is 37.3 Å². The molecule has 0 aliphatic carbocycles. The summed E-state index contributed by atoms with van der Waals surface area (Å²) in [5.74, 6) is -7.30. The first kappa shape index (κ1) is 28.0. The van der Waals surface area contributed by atoms with Crippen molar-refractivity contribution in [3.8, 4) is 5.75 Å². The second-order valence-corrected chi connectivity index (χ2v) is 10.9. The van der Waals surface area contributed by atoms with Gasteiger partial charge >= 0.3 is 0 Å². The first-order valence-corrected chi connectivity index (χ1v) is 13.6. The van der Waals surface area contributed by atoms with E-state index in [9.17, 15) is 32.7 Å². The molecule has 6 rings (SSSR count). The van der Waals surface area contributed by atoms with E-state index in [1.165, 1.54) is 4.57 Å². The van der Waals surface area contributed by atoms with Crippen molar-refractivity contribution in [1.82, 2.24) is 14.8 Å². The van der Waals surface area contributed by atoms with Crippen LogP contribution in [-0.4, -0.2) is 57.5 Å². The zero-order valence-electron chi connectivity index (χ0n) is 22.6. The number of carbonyl (C=O) groups excluding carboxylic acids is 2. The summed E-state index contributed by atoms with van der Waals surface area (Å²) in [7, 11) is 0. The van der Waals surface area contributed by atoms with Gasteiger partial charge in [0.05, 0.1) is 12.7 Å². The quantitative estimate of drug-likeness (QED) is 0.477. The van der Waals surface area contributed by atoms with Crippen molar-refractivity contribution in [2.24, 2.45) is 0 Å². The predicted octanol–water partition coefficient (Wildman–Crippen LogP) is 3.43. The van der Waals surface area contributed by atoms with Crippen molar-refractivity contribution in [2.75, 3.05) is 13.2 Å². The predicted molar refractivity (Wildman–Crippen MR) is 142 cm³/mol. The third-order valence-electron chi connectivity index (χ3n) is 8.29. The van der Waals surface area contributed by atoms with Crippen molar-refractivity contribution < 1.29 is 37.3 Å². The molecule has 3 aliphatic rings. The molecule has 2 bridgehead atoms. The van der Waals surface area contributed by atoms with Crippen molar-refractivity contribution >= 4 is 11.8 Å². The molecule has 2 amide bonds. The van der Waals surface area contributed by atoms with Crippen LogP contribution in [0.1, 0.15) is 57.8 Å². The highest BCUT2D eigenvalue weighted by atomic mass is 19.1. The average molecular weight is 584 g/mol. The molecule has 2 aromatic carbocycles. The van der Waals surface area contributed by atoms with Gasteiger partial charge in [-0.25, -0.2) is 13.2 Å². The van der Waals surface area contributed by atoms with Crippen LogP contribution in [0.3, 0.4) is 0 Å². The SMILES string of the molecule is C[C@H]1CC[C@@]2(OC[C@@H](Cc3ccccc3)O2)C2CN1C(=O)c1c(O)c(=O)c(C(=O)NCc3c(F)cc(F)cc3F)cn12. The molecule has 1 aromatic heterocycles. The van der Waals surface area contributed by atoms with Crippen LogP contribution < -0.4 is 10.7 Å². The molecular formula is C30H28F3N3O6. The maximum absolute atomic E-state index is 14.1. The van der Waals surface area contributed by atoms with Gasteiger partial charge in [0, 0.05) is 55.9 Å². The Kier molecular flexibility index (Phi) is 7.06. The fraction of sp³-hybridized carbons (Fsp3) is 0.367. The maximum Gasteiger partial charge on any atom is 0.274 e. The number of amides is 2. The largest absolute Gasteiger partial charge is 0.503 e. The van der Waals surface area contributed by atoms with E-state index in [1.54, 1.807) is 4.90 Å². The van der Waals surface area contributed by atoms with Crippen LogP contribution in [-0.2, 0) is 22.4 Å². The van der Waals surface area contributed by atoms with Crippen molar-refractivity contribution in [3.05, 3.63) is 98.7 Å². The number of rotatable bonds is 5. The fourth-order valence-electron chi connectivity index (χ4n) is 6.07. The van der Waals surface area contributed by atoms with E-state index in [0.717, 1.165) is 11.8 Å². The molecule has 9 nitrogen and oxygen atoms in total. The Bertz CT molecular complexity index is 1610. The van der Waals surface area contributed by atoms with Crippen LogP contribution in [0.4, 0.5) is 13.2 Å². The standard InChI is InChI=1S/C30H28F3N3O6/c1-16-7-8-30(41-15-19(42-30)9-17-5-3-2-4-6-17)24-14-35(16)29(40)25-27(38)26(37)21(13-36(24)25)28(39)34-12-20-22(32)10-18(31)11-23(20)33/h2-6,10-11,13,16,19,24,38H,7-9,12,14-15H2,1H3,(H,34,39)/t16-,19+,24?,30-/m0/s1. The van der Waals surface area contributed by atoms with E-state index in [2.05, 4.69) is 5.32 Å². The van der Waals surface area contributed by atoms with E-state index >= 15 is 0 Å². The Hall–Kier alpha value is -4.16. The number of benzene rings is 2. The van der Waals surface area contributed by atoms with Gasteiger partial charge in [-0.3, -0.25) is 14.4 Å². The topological polar surface area (TPSA) is 110 Å². The Morgan fingerprint density at radius 2 is 1.86 bits per heavy atom. The lowest BCUT2D eigenvalue weighted by atomic mass is 9.99. The molecule has 4 atom stereocenters. The monoisotopic (exact) mass is 583 g/mol. The van der Waals surface area contributed by atoms with E-state index in [0.29, 0.717) is 31.4 Å². The number of carbonyl (C=O) groups is 2. The second-order valence-electron chi connectivity index (χ2n) is 10.9. The molecule has 1 unspecified atom stereocenters. The molecule has 3 aliphatic heterocycles. The molecule has 4 heterocycles. The third-order valence-corrected chi connectivity index (χ3v) is 8.29. The number of nitrogens with zero attached hydrogens (tertiary/aromatic N) is 2. The minimum atomic E-state index is -1.21. The normalized spacial score (nSPS) is 24.9. The number of hydrogen-bond donors (Lipinski definition) is 2. The maximum atomic E-state index is 14.1. The Morgan fingerprint density at radius 3 is 2.57 bits per heavy atom. The Balaban J connectivity index is 1.35. The smallest absolute Gasteiger partial charge is 0.274 e. The summed E-state index contributed by atoms with van der Waals surface area (Å²) >= 11 is 0. The van der Waals surface area contributed by atoms with Crippen molar-refractivity contribution in [1.29, 1.82) is 0 Å². The van der Waals surface area contributed by atoms with Crippen LogP contribution in [0.25, 0.3) is 0 Å². The molecular weight excluding hydrogens is 555 g/mol. The number of nitrogens with one attached hydrogen (secondary N) is 1. The zero-order valence-corrected chi connectivity index (χ0v) is 22.6. The minimum absolute atomic E-state index is 0.139. The highest BCUT2D eigenvalue weighted by Gasteiger charge is 2.55. The summed E-state index contributed by atoms with van der Waals surface area (Å²) in [6, 6.07) is 9.73. The van der Waals surface area contributed by atoms with Gasteiger partial charge in [0.15, 0.2) is 17.2 Å². The molecule has 0 radical (unpaired) electrons. The molecule has 2 fully saturated rings. The number of halogens is 3. The fourth-order valence-corrected chi connectivity index (χ4v) is 6.07. The molecule has 42 heavy (non-hydrogen) atoms. The molecule has 12 heteroatoms. The summed E-state index contributed by atoms with van der Waals surface area (Å²) in [6.45, 7) is 1.59. The summed E-state index contributed by atoms with van der Waals surface area (Å²) in [4.78, 5) is 41.3. The minimum Gasteiger partial charge on any atom is -0.503 e. The summed E-state index contributed by atoms with van der Waals surface area (Å²) in [5, 5.41) is 13.2. The average Bonchev–Trinajstić information content (AvgIpc) is 3.31. The van der Waals surface area contributed by atoms with E-state index in [4.69, 9.17) is 9.47 Å². The number of pyridine rings is 1. The Morgan fingerprint density at radius 1 is 1.14 bits per heavy atom. The zero-order chi connectivity index (χ0) is 29.8. The van der Waals surface area contributed by atoms with Gasteiger partial charge in [-0.05, 0) is 18.9 Å². The number of aromatic nitrogens is 1. The van der Waals surface area contributed by atoms with Crippen molar-refractivity contribution in [2.45, 2.75) is 56.7 Å². The number of ether oxygens (including phenoxy) is 2. The van der Waals surface area contributed by atoms with Gasteiger partial charge < -0.3 is 29.4 Å². The summed E-state index contributed by atoms with van der Waals surface area (Å²) in [5.41, 5.74) is -1.52. The number of hydrogen-bond acceptors (Lipinski definition) is 6. The van der Waals surface area contributed by atoms with E-state index < -0.39 is 69.9 Å². The first-order valence-electron chi connectivity index (χ1n) is 13.6. The highest BCUT2D eigenvalue weighted by Crippen LogP contribution is 2.46. The Labute approximate surface area is 238 Å². The molecule has 0 saturated carbocycles. The van der Waals surface area contributed by atoms with Gasteiger partial charge in [0.2, 0.25) is 5.43 Å². The van der Waals surface area contributed by atoms with Gasteiger partial charge in [-0.1, -0.05) is 30.3 Å². The first-order chi connectivity index (χ1) is 20.1. The lowest BCUT2D eigenvalue weighted by Crippen LogP contribution is -2.52. The van der Waals surface area contributed by atoms with Gasteiger partial charge in [-0.2, -0.15) is 0 Å². The van der Waals surface area contributed by atoms with Crippen LogP contribution in [0, 0.1) is 17.5 Å². The summed E-state index contributed by atoms with van der Waals surface area (Å²) < 4.78 is 55.8. The summed E-state index contributed by atoms with van der Waals surface area (Å²) in [6.07, 6.45) is 2.37. The molecule has 3 aromatic rings. The van der Waals surface area contributed by atoms with Crippen LogP contribution in [0.5, 0.6) is 5.75 Å². The number of aromatic hydroxyl groups is 1. The lowest BCUT2D eigenvalue weighted by Gasteiger charge is -2.42. The van der Waals surface area contributed by atoms with Crippen molar-refractivity contribution in [3.63, 3.8) is 0 Å². The number of fused-ring (bicyclic) bond motifs is 5. The molecule has 2 N–H and O–H groups in total. The van der Waals surface area contributed by atoms with Crippen LogP contribution in [0.15, 0.2) is 53.5 Å². The van der Waals surface area contributed by atoms with Gasteiger partial charge in [-0.15, -0.1) is 0 Å². The molecule has 220 valence electrons. The lowest BCUT2D eigenvalue weighted by molar-refractivity contribution is -0.202. The highest BCUT2D eigenvalue weighted by molar-refractivity contribution is 5.99. The molecule has 1 spiro atoms. The van der Waals surface area contributed by atoms with Crippen LogP contribution in [0.2, 0.25) is 0 Å². The van der Waals surface area contributed by atoms with Gasteiger partial charge in [0.25, 0.3) is 11.8 Å². The van der Waals surface area contributed by atoms with Crippen LogP contribution >= 0.6 is 0 Å². The third kappa shape index (κ3) is 4.74. The molecule has 2 saturated heterocycles. The second kappa shape index (κ2) is 10.6.